The molecule has 3 aromatic heterocycles. The Labute approximate surface area is 271 Å². The third kappa shape index (κ3) is 5.43. The number of imidazole rings is 1. The molecule has 15 nitrogen and oxygen atoms in total. The molecule has 5 aromatic rings. The number of nitrogens with one attached hydrogen (secondary N) is 2. The lowest BCUT2D eigenvalue weighted by Crippen LogP contribution is -2.42. The summed E-state index contributed by atoms with van der Waals surface area (Å²) in [6, 6.07) is 14.9. The highest BCUT2D eigenvalue weighted by Gasteiger charge is 2.46. The van der Waals surface area contributed by atoms with Gasteiger partial charge in [0.25, 0.3) is 11.2 Å². The van der Waals surface area contributed by atoms with Crippen molar-refractivity contribution in [1.82, 2.24) is 29.5 Å². The van der Waals surface area contributed by atoms with Crippen molar-refractivity contribution in [3.63, 3.8) is 0 Å². The van der Waals surface area contributed by atoms with Gasteiger partial charge < -0.3 is 14.4 Å². The Morgan fingerprint density at radius 2 is 1.85 bits per heavy atom. The van der Waals surface area contributed by atoms with Crippen LogP contribution in [0.1, 0.15) is 43.7 Å². The molecule has 7 rings (SSSR count). The molecule has 0 fully saturated rings. The molecule has 1 aliphatic heterocycles. The van der Waals surface area contributed by atoms with Crippen LogP contribution in [0.4, 0.5) is 17.3 Å². The molecule has 15 heteroatoms. The van der Waals surface area contributed by atoms with E-state index in [0.29, 0.717) is 29.1 Å². The lowest BCUT2D eigenvalue weighted by atomic mass is 9.68. The first kappa shape index (κ1) is 30.7. The fourth-order valence-electron chi connectivity index (χ4n) is 6.58. The first-order valence-corrected chi connectivity index (χ1v) is 15.2. The zero-order valence-corrected chi connectivity index (χ0v) is 25.9. The molecule has 1 aliphatic carbocycles. The van der Waals surface area contributed by atoms with Crippen molar-refractivity contribution in [3.8, 4) is 5.75 Å². The normalized spacial score (nSPS) is 17.6. The van der Waals surface area contributed by atoms with Crippen LogP contribution in [0.25, 0.3) is 11.2 Å². The number of anilines is 2. The van der Waals surface area contributed by atoms with Crippen molar-refractivity contribution in [3.05, 3.63) is 121 Å². The molecule has 0 radical (unpaired) electrons. The Balaban J connectivity index is 1.38. The van der Waals surface area contributed by atoms with Crippen LogP contribution in [0.15, 0.2) is 88.1 Å². The van der Waals surface area contributed by atoms with Crippen LogP contribution in [-0.2, 0) is 11.3 Å². The minimum absolute atomic E-state index is 0.0115. The number of carbonyl (C=O) groups excluding carboxylic acids is 1. The molecule has 4 heterocycles. The quantitative estimate of drug-likeness (QED) is 0.164. The second-order valence-electron chi connectivity index (χ2n) is 12.6. The van der Waals surface area contributed by atoms with Crippen molar-refractivity contribution >= 4 is 34.3 Å². The zero-order chi connectivity index (χ0) is 33.7. The van der Waals surface area contributed by atoms with Crippen LogP contribution >= 0.6 is 0 Å². The van der Waals surface area contributed by atoms with E-state index in [0.717, 1.165) is 0 Å². The molecule has 0 spiro atoms. The lowest BCUT2D eigenvalue weighted by molar-refractivity contribution is -0.384. The molecule has 2 aliphatic rings. The lowest BCUT2D eigenvalue weighted by Gasteiger charge is -2.43. The van der Waals surface area contributed by atoms with Crippen LogP contribution in [0.5, 0.6) is 5.75 Å². The third-order valence-corrected chi connectivity index (χ3v) is 8.53. The summed E-state index contributed by atoms with van der Waals surface area (Å²) in [5.74, 6) is -0.370. The van der Waals surface area contributed by atoms with E-state index in [1.54, 1.807) is 27.7 Å². The molecule has 2 atom stereocenters. The number of non-ortho nitro benzene ring substituents is 1. The van der Waals surface area contributed by atoms with Crippen LogP contribution in [0.3, 0.4) is 0 Å². The number of aromatic nitrogens is 6. The van der Waals surface area contributed by atoms with E-state index in [1.165, 1.54) is 30.9 Å². The molecule has 48 heavy (non-hydrogen) atoms. The van der Waals surface area contributed by atoms with Gasteiger partial charge in [-0.05, 0) is 29.5 Å². The van der Waals surface area contributed by atoms with Gasteiger partial charge in [0.2, 0.25) is 0 Å². The largest absolute Gasteiger partial charge is 0.491 e. The molecule has 0 bridgehead atoms. The van der Waals surface area contributed by atoms with Crippen LogP contribution in [-0.4, -0.2) is 58.0 Å². The van der Waals surface area contributed by atoms with Gasteiger partial charge >= 0.3 is 5.69 Å². The number of allylic oxidation sites excluding steroid dienone is 2. The van der Waals surface area contributed by atoms with Gasteiger partial charge in [0.1, 0.15) is 30.6 Å². The van der Waals surface area contributed by atoms with Gasteiger partial charge in [-0.1, -0.05) is 44.2 Å². The van der Waals surface area contributed by atoms with E-state index in [2.05, 4.69) is 24.9 Å². The maximum absolute atomic E-state index is 14.1. The molecule has 244 valence electrons. The number of carbonyl (C=O) groups is 1. The summed E-state index contributed by atoms with van der Waals surface area (Å²) in [6.07, 6.45) is 2.38. The van der Waals surface area contributed by atoms with E-state index in [9.17, 15) is 29.6 Å². The molecule has 0 saturated carbocycles. The molecular formula is C33H30N8O7. The number of Topliss-reactive ketones (excluding diaryl/α,β-unsaturated/α-hetero) is 1. The van der Waals surface area contributed by atoms with Crippen molar-refractivity contribution in [2.75, 3.05) is 11.5 Å². The number of aromatic amines is 2. The van der Waals surface area contributed by atoms with Gasteiger partial charge in [-0.2, -0.15) is 0 Å². The summed E-state index contributed by atoms with van der Waals surface area (Å²) in [5.41, 5.74) is -0.479. The highest BCUT2D eigenvalue weighted by molar-refractivity contribution is 6.03. The van der Waals surface area contributed by atoms with Gasteiger partial charge in [0, 0.05) is 35.7 Å². The van der Waals surface area contributed by atoms with Crippen molar-refractivity contribution in [2.45, 2.75) is 45.3 Å². The number of benzene rings is 2. The van der Waals surface area contributed by atoms with E-state index in [-0.39, 0.29) is 59.3 Å². The summed E-state index contributed by atoms with van der Waals surface area (Å²) in [7, 11) is 0. The predicted molar refractivity (Wildman–Crippen MR) is 173 cm³/mol. The highest BCUT2D eigenvalue weighted by atomic mass is 16.6. The standard InChI is InChI=1S/C33H30N8O7/c1-33(2)12-22-25(23(43)13-33)24(18-7-6-8-19(11-18)41(46)47)26-28(37-32(45)38-31(26)44)40(22)30-27-29(34-16-35-30)39(17-36-27)14-20(42)15-48-21-9-4-3-5-10-21/h3-11,16-17,20,24,42H,12-15H2,1-2H3,(H2,37,38,44,45). The van der Waals surface area contributed by atoms with Gasteiger partial charge in [0.05, 0.1) is 23.4 Å². The molecular weight excluding hydrogens is 620 g/mol. The van der Waals surface area contributed by atoms with Crippen LogP contribution in [0.2, 0.25) is 0 Å². The minimum atomic E-state index is -1.01. The Kier molecular flexibility index (Phi) is 7.47. The number of H-pyrrole nitrogens is 2. The van der Waals surface area contributed by atoms with Crippen LogP contribution < -0.4 is 20.9 Å². The number of nitrogens with zero attached hydrogens (tertiary/aromatic N) is 6. The second kappa shape index (κ2) is 11.7. The number of nitro benzene ring substituents is 1. The van der Waals surface area contributed by atoms with Gasteiger partial charge in [-0.25, -0.2) is 19.7 Å². The number of fused-ring (bicyclic) bond motifs is 2. The highest BCUT2D eigenvalue weighted by Crippen LogP contribution is 2.52. The monoisotopic (exact) mass is 650 g/mol. The fourth-order valence-corrected chi connectivity index (χ4v) is 6.58. The first-order chi connectivity index (χ1) is 23.0. The Hall–Kier alpha value is -5.96. The smallest absolute Gasteiger partial charge is 0.327 e. The second-order valence-corrected chi connectivity index (χ2v) is 12.6. The Bertz CT molecular complexity index is 2240. The first-order valence-electron chi connectivity index (χ1n) is 15.2. The topological polar surface area (TPSA) is 202 Å². The molecule has 3 N–H and O–H groups in total. The number of aliphatic hydroxyl groups excluding tert-OH is 1. The molecule has 0 amide bonds. The van der Waals surface area contributed by atoms with E-state index in [4.69, 9.17) is 4.74 Å². The summed E-state index contributed by atoms with van der Waals surface area (Å²) in [6.45, 7) is 3.97. The summed E-state index contributed by atoms with van der Waals surface area (Å²) in [4.78, 5) is 71.8. The third-order valence-electron chi connectivity index (χ3n) is 8.53. The average Bonchev–Trinajstić information content (AvgIpc) is 3.45. The number of hydrogen-bond donors (Lipinski definition) is 3. The number of ether oxygens (including phenoxy) is 1. The maximum Gasteiger partial charge on any atom is 0.327 e. The van der Waals surface area contributed by atoms with Gasteiger partial charge in [-0.15, -0.1) is 0 Å². The number of hydrogen-bond acceptors (Lipinski definition) is 11. The molecule has 2 aromatic carbocycles. The number of para-hydroxylation sites is 1. The minimum Gasteiger partial charge on any atom is -0.491 e. The van der Waals surface area contributed by atoms with Crippen molar-refractivity contribution in [2.24, 2.45) is 5.41 Å². The van der Waals surface area contributed by atoms with Crippen LogP contribution in [0, 0.1) is 15.5 Å². The maximum atomic E-state index is 14.1. The SMILES string of the molecule is CC1(C)CC(=O)C2=C(C1)N(c1ncnc3c1ncn3CC(O)COc1ccccc1)c1[nH]c(=O)[nH]c(=O)c1C2c1cccc([N+](=O)[O-])c1. The average molecular weight is 651 g/mol. The van der Waals surface area contributed by atoms with Crippen molar-refractivity contribution < 1.29 is 19.6 Å². The fraction of sp³-hybridized carbons (Fsp3) is 0.273. The number of ketones is 1. The van der Waals surface area contributed by atoms with E-state index in [1.807, 2.05) is 32.0 Å². The number of rotatable bonds is 8. The number of nitro groups is 1. The summed E-state index contributed by atoms with van der Waals surface area (Å²) < 4.78 is 7.34. The Morgan fingerprint density at radius 1 is 1.06 bits per heavy atom. The zero-order valence-electron chi connectivity index (χ0n) is 25.9. The summed E-state index contributed by atoms with van der Waals surface area (Å²) in [5, 5.41) is 22.5. The van der Waals surface area contributed by atoms with Gasteiger partial charge in [0.15, 0.2) is 22.8 Å². The Morgan fingerprint density at radius 3 is 2.62 bits per heavy atom. The molecule has 2 unspecified atom stereocenters. The molecule has 0 saturated heterocycles. The van der Waals surface area contributed by atoms with Crippen molar-refractivity contribution in [1.29, 1.82) is 0 Å². The summed E-state index contributed by atoms with van der Waals surface area (Å²) >= 11 is 0. The predicted octanol–water partition coefficient (Wildman–Crippen LogP) is 3.48. The van der Waals surface area contributed by atoms with E-state index < -0.39 is 33.6 Å². The number of aliphatic hydroxyl groups is 1. The van der Waals surface area contributed by atoms with Gasteiger partial charge in [-0.3, -0.25) is 34.6 Å². The van der Waals surface area contributed by atoms with E-state index >= 15 is 0 Å².